The molecule has 0 spiro atoms. The van der Waals surface area contributed by atoms with Crippen LogP contribution in [0.2, 0.25) is 0 Å². The average molecular weight is 425 g/mol. The number of benzene rings is 2. The van der Waals surface area contributed by atoms with Crippen molar-refractivity contribution in [2.75, 3.05) is 45.2 Å². The number of thiazole rings is 1. The number of nitrogens with one attached hydrogen (secondary N) is 1. The Kier molecular flexibility index (Phi) is 6.37. The highest BCUT2D eigenvalue weighted by Crippen LogP contribution is 2.23. The maximum Gasteiger partial charge on any atom is 0.337 e. The lowest BCUT2D eigenvalue weighted by Crippen LogP contribution is -2.48. The zero-order valence-electron chi connectivity index (χ0n) is 16.8. The fraction of sp³-hybridized carbons (Fsp3) is 0.318. The molecule has 1 saturated heterocycles. The van der Waals surface area contributed by atoms with Crippen molar-refractivity contribution in [2.24, 2.45) is 0 Å². The van der Waals surface area contributed by atoms with Crippen LogP contribution in [0.25, 0.3) is 10.2 Å². The van der Waals surface area contributed by atoms with E-state index in [1.165, 1.54) is 11.8 Å². The van der Waals surface area contributed by atoms with Gasteiger partial charge in [0, 0.05) is 31.9 Å². The number of ether oxygens (including phenoxy) is 1. The summed E-state index contributed by atoms with van der Waals surface area (Å²) in [5.74, 6) is -0.447. The molecule has 1 fully saturated rings. The Morgan fingerprint density at radius 3 is 2.43 bits per heavy atom. The van der Waals surface area contributed by atoms with Gasteiger partial charge in [0.05, 0.1) is 36.0 Å². The van der Waals surface area contributed by atoms with Gasteiger partial charge in [-0.1, -0.05) is 12.1 Å². The molecular formula is C22H24N4O3S. The van der Waals surface area contributed by atoms with Crippen LogP contribution in [0.1, 0.15) is 15.4 Å². The lowest BCUT2D eigenvalue weighted by Gasteiger charge is -2.33. The van der Waals surface area contributed by atoms with Crippen molar-refractivity contribution in [3.8, 4) is 0 Å². The molecule has 0 aliphatic carbocycles. The summed E-state index contributed by atoms with van der Waals surface area (Å²) >= 11 is 1.75. The van der Waals surface area contributed by atoms with Crippen molar-refractivity contribution in [3.05, 3.63) is 59.1 Å². The number of para-hydroxylation sites is 1. The van der Waals surface area contributed by atoms with Gasteiger partial charge in [0.2, 0.25) is 5.91 Å². The summed E-state index contributed by atoms with van der Waals surface area (Å²) in [7, 11) is 1.34. The number of carbonyl (C=O) groups excluding carboxylic acids is 2. The molecule has 0 unspecified atom stereocenters. The van der Waals surface area contributed by atoms with Gasteiger partial charge in [0.1, 0.15) is 5.01 Å². The van der Waals surface area contributed by atoms with Gasteiger partial charge in [0.15, 0.2) is 0 Å². The Morgan fingerprint density at radius 2 is 1.73 bits per heavy atom. The number of methoxy groups -OCH3 is 1. The molecule has 0 radical (unpaired) electrons. The quantitative estimate of drug-likeness (QED) is 0.614. The number of esters is 1. The SMILES string of the molecule is COC(=O)c1ccc(NC(=O)CN2CCN(Cc3nc4ccccc4s3)CC2)cc1. The number of piperazine rings is 1. The summed E-state index contributed by atoms with van der Waals surface area (Å²) in [4.78, 5) is 33.1. The number of hydrogen-bond acceptors (Lipinski definition) is 7. The van der Waals surface area contributed by atoms with Gasteiger partial charge < -0.3 is 10.1 Å². The molecule has 0 atom stereocenters. The van der Waals surface area contributed by atoms with E-state index in [0.29, 0.717) is 17.8 Å². The van der Waals surface area contributed by atoms with Crippen molar-refractivity contribution in [2.45, 2.75) is 6.54 Å². The maximum absolute atomic E-state index is 12.4. The first-order valence-electron chi connectivity index (χ1n) is 9.88. The Hall–Kier alpha value is -2.81. The maximum atomic E-state index is 12.4. The molecule has 1 aromatic heterocycles. The number of aromatic nitrogens is 1. The Bertz CT molecular complexity index is 993. The van der Waals surface area contributed by atoms with Crippen LogP contribution in [-0.4, -0.2) is 66.5 Å². The second-order valence-corrected chi connectivity index (χ2v) is 8.36. The molecule has 0 bridgehead atoms. The molecular weight excluding hydrogens is 400 g/mol. The molecule has 2 aromatic carbocycles. The van der Waals surface area contributed by atoms with Crippen molar-refractivity contribution >= 4 is 39.1 Å². The van der Waals surface area contributed by atoms with E-state index < -0.39 is 5.97 Å². The van der Waals surface area contributed by atoms with Crippen LogP contribution in [-0.2, 0) is 16.1 Å². The largest absolute Gasteiger partial charge is 0.465 e. The highest BCUT2D eigenvalue weighted by Gasteiger charge is 2.20. The van der Waals surface area contributed by atoms with E-state index >= 15 is 0 Å². The van der Waals surface area contributed by atoms with Gasteiger partial charge in [-0.25, -0.2) is 9.78 Å². The van der Waals surface area contributed by atoms with Gasteiger partial charge in [-0.05, 0) is 36.4 Å². The topological polar surface area (TPSA) is 74.8 Å². The number of anilines is 1. The first kappa shape index (κ1) is 20.5. The van der Waals surface area contributed by atoms with E-state index in [1.54, 1.807) is 35.6 Å². The zero-order chi connectivity index (χ0) is 20.9. The fourth-order valence-electron chi connectivity index (χ4n) is 3.50. The fourth-order valence-corrected chi connectivity index (χ4v) is 4.51. The molecule has 1 N–H and O–H groups in total. The second kappa shape index (κ2) is 9.34. The standard InChI is InChI=1S/C22H24N4O3S/c1-29-22(28)16-6-8-17(9-7-16)23-20(27)14-25-10-12-26(13-11-25)15-21-24-18-4-2-3-5-19(18)30-21/h2-9H,10-15H2,1H3,(H,23,27). The lowest BCUT2D eigenvalue weighted by atomic mass is 10.2. The van der Waals surface area contributed by atoms with Gasteiger partial charge in [-0.15, -0.1) is 11.3 Å². The van der Waals surface area contributed by atoms with E-state index in [4.69, 9.17) is 4.98 Å². The van der Waals surface area contributed by atoms with Crippen LogP contribution >= 0.6 is 11.3 Å². The summed E-state index contributed by atoms with van der Waals surface area (Å²) in [5, 5.41) is 4.02. The molecule has 3 aromatic rings. The minimum absolute atomic E-state index is 0.0551. The molecule has 4 rings (SSSR count). The van der Waals surface area contributed by atoms with E-state index in [1.807, 2.05) is 12.1 Å². The molecule has 30 heavy (non-hydrogen) atoms. The molecule has 1 amide bonds. The van der Waals surface area contributed by atoms with Gasteiger partial charge in [-0.3, -0.25) is 14.6 Å². The lowest BCUT2D eigenvalue weighted by molar-refractivity contribution is -0.117. The minimum Gasteiger partial charge on any atom is -0.465 e. The minimum atomic E-state index is -0.392. The molecule has 2 heterocycles. The Morgan fingerprint density at radius 1 is 1.03 bits per heavy atom. The van der Waals surface area contributed by atoms with E-state index in [0.717, 1.165) is 43.2 Å². The van der Waals surface area contributed by atoms with Gasteiger partial charge >= 0.3 is 5.97 Å². The first-order valence-corrected chi connectivity index (χ1v) is 10.7. The van der Waals surface area contributed by atoms with Crippen LogP contribution in [0.4, 0.5) is 5.69 Å². The predicted octanol–water partition coefficient (Wildman–Crippen LogP) is 2.84. The van der Waals surface area contributed by atoms with E-state index in [2.05, 4.69) is 32.0 Å². The van der Waals surface area contributed by atoms with Crippen molar-refractivity contribution in [3.63, 3.8) is 0 Å². The van der Waals surface area contributed by atoms with E-state index in [9.17, 15) is 9.59 Å². The third-order valence-electron chi connectivity index (χ3n) is 5.12. The number of amides is 1. The van der Waals surface area contributed by atoms with Crippen LogP contribution < -0.4 is 5.32 Å². The van der Waals surface area contributed by atoms with Crippen LogP contribution in [0, 0.1) is 0 Å². The Balaban J connectivity index is 1.23. The monoisotopic (exact) mass is 424 g/mol. The molecule has 156 valence electrons. The summed E-state index contributed by atoms with van der Waals surface area (Å²) < 4.78 is 5.90. The molecule has 1 aliphatic rings. The summed E-state index contributed by atoms with van der Waals surface area (Å²) in [6, 6.07) is 14.9. The zero-order valence-corrected chi connectivity index (χ0v) is 17.7. The average Bonchev–Trinajstić information content (AvgIpc) is 3.17. The third-order valence-corrected chi connectivity index (χ3v) is 6.14. The van der Waals surface area contributed by atoms with Crippen molar-refractivity contribution < 1.29 is 14.3 Å². The van der Waals surface area contributed by atoms with Crippen molar-refractivity contribution in [1.29, 1.82) is 0 Å². The number of fused-ring (bicyclic) bond motifs is 1. The highest BCUT2D eigenvalue weighted by molar-refractivity contribution is 7.18. The molecule has 8 heteroatoms. The summed E-state index contributed by atoms with van der Waals surface area (Å²) in [5.41, 5.74) is 2.19. The third kappa shape index (κ3) is 5.02. The van der Waals surface area contributed by atoms with Crippen LogP contribution in [0.15, 0.2) is 48.5 Å². The van der Waals surface area contributed by atoms with Crippen LogP contribution in [0.5, 0.6) is 0 Å². The van der Waals surface area contributed by atoms with Gasteiger partial charge in [0.25, 0.3) is 0 Å². The smallest absolute Gasteiger partial charge is 0.337 e. The molecule has 7 nitrogen and oxygen atoms in total. The second-order valence-electron chi connectivity index (χ2n) is 7.24. The summed E-state index contributed by atoms with van der Waals surface area (Å²) in [6.45, 7) is 4.73. The first-order chi connectivity index (χ1) is 14.6. The van der Waals surface area contributed by atoms with Gasteiger partial charge in [-0.2, -0.15) is 0 Å². The van der Waals surface area contributed by atoms with Crippen LogP contribution in [0.3, 0.4) is 0 Å². The van der Waals surface area contributed by atoms with Crippen molar-refractivity contribution in [1.82, 2.24) is 14.8 Å². The summed E-state index contributed by atoms with van der Waals surface area (Å²) in [6.07, 6.45) is 0. The highest BCUT2D eigenvalue weighted by atomic mass is 32.1. The number of hydrogen-bond donors (Lipinski definition) is 1. The molecule has 0 saturated carbocycles. The number of nitrogens with zero attached hydrogens (tertiary/aromatic N) is 3. The predicted molar refractivity (Wildman–Crippen MR) is 118 cm³/mol. The number of rotatable bonds is 6. The van der Waals surface area contributed by atoms with E-state index in [-0.39, 0.29) is 5.91 Å². The Labute approximate surface area is 179 Å². The molecule has 1 aliphatic heterocycles. The number of carbonyl (C=O) groups is 2. The normalized spacial score (nSPS) is 15.2.